The first kappa shape index (κ1) is 20.3. The topological polar surface area (TPSA) is 73.9 Å². The summed E-state index contributed by atoms with van der Waals surface area (Å²) >= 11 is 0. The van der Waals surface area contributed by atoms with E-state index in [1.807, 2.05) is 39.0 Å². The van der Waals surface area contributed by atoms with Crippen molar-refractivity contribution in [2.75, 3.05) is 20.8 Å². The molecule has 0 fully saturated rings. The highest BCUT2D eigenvalue weighted by Crippen LogP contribution is 2.25. The predicted octanol–water partition coefficient (Wildman–Crippen LogP) is 3.35. The summed E-state index contributed by atoms with van der Waals surface area (Å²) < 4.78 is 15.4. The Labute approximate surface area is 159 Å². The van der Waals surface area contributed by atoms with Gasteiger partial charge in [-0.1, -0.05) is 18.2 Å². The predicted molar refractivity (Wildman–Crippen MR) is 102 cm³/mol. The smallest absolute Gasteiger partial charge is 0.342 e. The van der Waals surface area contributed by atoms with Crippen molar-refractivity contribution in [3.8, 4) is 11.5 Å². The van der Waals surface area contributed by atoms with Crippen LogP contribution in [0.3, 0.4) is 0 Å². The lowest BCUT2D eigenvalue weighted by Crippen LogP contribution is -2.31. The van der Waals surface area contributed by atoms with Crippen molar-refractivity contribution in [1.82, 2.24) is 5.32 Å². The highest BCUT2D eigenvalue weighted by Gasteiger charge is 2.17. The lowest BCUT2D eigenvalue weighted by atomic mass is 10.0. The van der Waals surface area contributed by atoms with Crippen molar-refractivity contribution < 1.29 is 23.8 Å². The van der Waals surface area contributed by atoms with Crippen molar-refractivity contribution >= 4 is 11.9 Å². The number of rotatable bonds is 7. The van der Waals surface area contributed by atoms with Crippen LogP contribution >= 0.6 is 0 Å². The maximum atomic E-state index is 12.2. The summed E-state index contributed by atoms with van der Waals surface area (Å²) in [5.41, 5.74) is 3.58. The van der Waals surface area contributed by atoms with Crippen molar-refractivity contribution in [1.29, 1.82) is 0 Å². The molecule has 2 aromatic carbocycles. The maximum absolute atomic E-state index is 12.2. The molecule has 0 spiro atoms. The van der Waals surface area contributed by atoms with Crippen LogP contribution in [-0.4, -0.2) is 32.7 Å². The molecule has 0 aliphatic rings. The van der Waals surface area contributed by atoms with E-state index in [4.69, 9.17) is 14.2 Å². The van der Waals surface area contributed by atoms with Crippen LogP contribution in [0.25, 0.3) is 0 Å². The average molecular weight is 371 g/mol. The molecule has 1 atom stereocenters. The van der Waals surface area contributed by atoms with Gasteiger partial charge >= 0.3 is 5.97 Å². The van der Waals surface area contributed by atoms with E-state index in [0.29, 0.717) is 11.5 Å². The first-order valence-corrected chi connectivity index (χ1v) is 8.61. The molecule has 0 bridgehead atoms. The Morgan fingerprint density at radius 1 is 1.00 bits per heavy atom. The number of hydrogen-bond acceptors (Lipinski definition) is 5. The molecule has 0 saturated heterocycles. The van der Waals surface area contributed by atoms with Crippen LogP contribution < -0.4 is 14.8 Å². The molecular weight excluding hydrogens is 346 g/mol. The van der Waals surface area contributed by atoms with E-state index in [-0.39, 0.29) is 24.1 Å². The normalized spacial score (nSPS) is 11.4. The van der Waals surface area contributed by atoms with E-state index in [0.717, 1.165) is 11.1 Å². The molecular formula is C21H25NO5. The average Bonchev–Trinajstić information content (AvgIpc) is 2.67. The molecule has 6 heteroatoms. The van der Waals surface area contributed by atoms with Crippen LogP contribution in [-0.2, 0) is 9.53 Å². The minimum absolute atomic E-state index is 0.189. The number of ether oxygens (including phenoxy) is 3. The monoisotopic (exact) mass is 371 g/mol. The van der Waals surface area contributed by atoms with Gasteiger partial charge in [0.2, 0.25) is 0 Å². The standard InChI is InChI=1S/C21H25NO5/c1-13-6-7-16(10-14(13)2)15(3)22-20(23)12-27-21(24)18-9-8-17(25-4)11-19(18)26-5/h6-11,15H,12H2,1-5H3,(H,22,23)/t15-/m0/s1. The number of esters is 1. The number of carbonyl (C=O) groups excluding carboxylic acids is 2. The van der Waals surface area contributed by atoms with Crippen LogP contribution in [0.1, 0.15) is 40.0 Å². The Hall–Kier alpha value is -3.02. The highest BCUT2D eigenvalue weighted by molar-refractivity contribution is 5.94. The van der Waals surface area contributed by atoms with Crippen molar-refractivity contribution in [3.05, 3.63) is 58.7 Å². The third-order valence-corrected chi connectivity index (χ3v) is 4.37. The van der Waals surface area contributed by atoms with E-state index in [9.17, 15) is 9.59 Å². The summed E-state index contributed by atoms with van der Waals surface area (Å²) in [4.78, 5) is 24.4. The zero-order valence-corrected chi connectivity index (χ0v) is 16.3. The number of amides is 1. The molecule has 0 unspecified atom stereocenters. The van der Waals surface area contributed by atoms with Gasteiger partial charge in [0.25, 0.3) is 5.91 Å². The molecule has 2 rings (SSSR count). The molecule has 1 N–H and O–H groups in total. The first-order valence-electron chi connectivity index (χ1n) is 8.61. The number of aryl methyl sites for hydroxylation is 2. The van der Waals surface area contributed by atoms with E-state index >= 15 is 0 Å². The van der Waals surface area contributed by atoms with Gasteiger partial charge in [0, 0.05) is 6.07 Å². The maximum Gasteiger partial charge on any atom is 0.342 e. The highest BCUT2D eigenvalue weighted by atomic mass is 16.5. The fraction of sp³-hybridized carbons (Fsp3) is 0.333. The third kappa shape index (κ3) is 5.23. The number of methoxy groups -OCH3 is 2. The van der Waals surface area contributed by atoms with Crippen LogP contribution in [0.2, 0.25) is 0 Å². The molecule has 0 aliphatic carbocycles. The summed E-state index contributed by atoms with van der Waals surface area (Å²) in [7, 11) is 2.97. The van der Waals surface area contributed by atoms with E-state index in [1.54, 1.807) is 12.1 Å². The zero-order chi connectivity index (χ0) is 20.0. The van der Waals surface area contributed by atoms with E-state index in [1.165, 1.54) is 25.8 Å². The minimum Gasteiger partial charge on any atom is -0.497 e. The second-order valence-electron chi connectivity index (χ2n) is 6.28. The molecule has 0 heterocycles. The molecule has 0 aromatic heterocycles. The second kappa shape index (κ2) is 9.07. The molecule has 1 amide bonds. The van der Waals surface area contributed by atoms with Crippen LogP contribution in [0.5, 0.6) is 11.5 Å². The zero-order valence-electron chi connectivity index (χ0n) is 16.3. The molecule has 0 aliphatic heterocycles. The molecule has 6 nitrogen and oxygen atoms in total. The van der Waals surface area contributed by atoms with Gasteiger partial charge in [-0.2, -0.15) is 0 Å². The molecule has 0 saturated carbocycles. The van der Waals surface area contributed by atoms with Crippen LogP contribution in [0.4, 0.5) is 0 Å². The summed E-state index contributed by atoms with van der Waals surface area (Å²) in [6, 6.07) is 10.6. The van der Waals surface area contributed by atoms with Crippen molar-refractivity contribution in [3.63, 3.8) is 0 Å². The van der Waals surface area contributed by atoms with Crippen molar-refractivity contribution in [2.45, 2.75) is 26.8 Å². The van der Waals surface area contributed by atoms with Gasteiger partial charge in [-0.15, -0.1) is 0 Å². The van der Waals surface area contributed by atoms with E-state index < -0.39 is 5.97 Å². The SMILES string of the molecule is COc1ccc(C(=O)OCC(=O)N[C@@H](C)c2ccc(C)c(C)c2)c(OC)c1. The van der Waals surface area contributed by atoms with Gasteiger partial charge in [0.15, 0.2) is 6.61 Å². The number of nitrogens with one attached hydrogen (secondary N) is 1. The van der Waals surface area contributed by atoms with Gasteiger partial charge in [0.05, 0.1) is 20.3 Å². The van der Waals surface area contributed by atoms with Crippen LogP contribution in [0, 0.1) is 13.8 Å². The Balaban J connectivity index is 1.94. The fourth-order valence-corrected chi connectivity index (χ4v) is 2.58. The minimum atomic E-state index is -0.636. The third-order valence-electron chi connectivity index (χ3n) is 4.37. The van der Waals surface area contributed by atoms with E-state index in [2.05, 4.69) is 5.32 Å². The summed E-state index contributed by atoms with van der Waals surface area (Å²) in [6.45, 7) is 5.58. The summed E-state index contributed by atoms with van der Waals surface area (Å²) in [6.07, 6.45) is 0. The van der Waals surface area contributed by atoms with Crippen molar-refractivity contribution in [2.24, 2.45) is 0 Å². The molecule has 2 aromatic rings. The van der Waals surface area contributed by atoms with Gasteiger partial charge in [0.1, 0.15) is 17.1 Å². The Morgan fingerprint density at radius 2 is 1.74 bits per heavy atom. The number of hydrogen-bond donors (Lipinski definition) is 1. The fourth-order valence-electron chi connectivity index (χ4n) is 2.58. The first-order chi connectivity index (χ1) is 12.8. The summed E-state index contributed by atoms with van der Waals surface area (Å²) in [5, 5.41) is 2.83. The Kier molecular flexibility index (Phi) is 6.82. The van der Waals surface area contributed by atoms with Gasteiger partial charge in [-0.25, -0.2) is 4.79 Å². The largest absolute Gasteiger partial charge is 0.497 e. The lowest BCUT2D eigenvalue weighted by Gasteiger charge is -2.16. The summed E-state index contributed by atoms with van der Waals surface area (Å²) in [5.74, 6) is -0.128. The lowest BCUT2D eigenvalue weighted by molar-refractivity contribution is -0.124. The quantitative estimate of drug-likeness (QED) is 0.756. The molecule has 0 radical (unpaired) electrons. The van der Waals surface area contributed by atoms with Gasteiger partial charge < -0.3 is 19.5 Å². The molecule has 27 heavy (non-hydrogen) atoms. The number of benzene rings is 2. The van der Waals surface area contributed by atoms with Crippen LogP contribution in [0.15, 0.2) is 36.4 Å². The van der Waals surface area contributed by atoms with Gasteiger partial charge in [-0.3, -0.25) is 4.79 Å². The Bertz CT molecular complexity index is 831. The second-order valence-corrected chi connectivity index (χ2v) is 6.28. The number of carbonyl (C=O) groups is 2. The molecule has 144 valence electrons. The van der Waals surface area contributed by atoms with Gasteiger partial charge in [-0.05, 0) is 49.6 Å². The Morgan fingerprint density at radius 3 is 2.37 bits per heavy atom.